The van der Waals surface area contributed by atoms with E-state index in [0.29, 0.717) is 12.0 Å². The van der Waals surface area contributed by atoms with Crippen molar-refractivity contribution in [2.24, 2.45) is 0 Å². The van der Waals surface area contributed by atoms with E-state index >= 15 is 0 Å². The van der Waals surface area contributed by atoms with Gasteiger partial charge in [-0.2, -0.15) is 5.26 Å². The number of benzene rings is 1. The van der Waals surface area contributed by atoms with E-state index in [1.807, 2.05) is 24.3 Å². The molecular formula is C11H9NO. The van der Waals surface area contributed by atoms with Crippen LogP contribution in [0.25, 0.3) is 6.08 Å². The highest BCUT2D eigenvalue weighted by atomic mass is 16.1. The molecule has 13 heavy (non-hydrogen) atoms. The van der Waals surface area contributed by atoms with Crippen LogP contribution in [0.4, 0.5) is 0 Å². The van der Waals surface area contributed by atoms with Crippen molar-refractivity contribution in [2.45, 2.75) is 6.42 Å². The third kappa shape index (κ3) is 2.57. The van der Waals surface area contributed by atoms with Crippen LogP contribution in [0.5, 0.6) is 0 Å². The molecule has 0 atom stereocenters. The number of carbonyl (C=O) groups is 1. The Morgan fingerprint density at radius 2 is 2.00 bits per heavy atom. The standard InChI is InChI=1S/C11H9NO/c12-8-4-3-6-10-5-1-2-7-11(10)9-13/h1-3,5-7,9H,4H2. The van der Waals surface area contributed by atoms with Crippen LogP contribution in [0.2, 0.25) is 0 Å². The number of rotatable bonds is 3. The van der Waals surface area contributed by atoms with Gasteiger partial charge in [0.25, 0.3) is 0 Å². The summed E-state index contributed by atoms with van der Waals surface area (Å²) in [5.41, 5.74) is 1.50. The topological polar surface area (TPSA) is 40.9 Å². The van der Waals surface area contributed by atoms with E-state index in [9.17, 15) is 4.79 Å². The van der Waals surface area contributed by atoms with E-state index in [0.717, 1.165) is 11.8 Å². The molecule has 0 saturated heterocycles. The predicted molar refractivity (Wildman–Crippen MR) is 51.1 cm³/mol. The minimum Gasteiger partial charge on any atom is -0.298 e. The zero-order chi connectivity index (χ0) is 9.52. The number of aldehydes is 1. The summed E-state index contributed by atoms with van der Waals surface area (Å²) in [5, 5.41) is 8.30. The van der Waals surface area contributed by atoms with Crippen molar-refractivity contribution in [3.63, 3.8) is 0 Å². The van der Waals surface area contributed by atoms with Crippen molar-refractivity contribution in [1.82, 2.24) is 0 Å². The second kappa shape index (κ2) is 4.89. The fraction of sp³-hybridized carbons (Fsp3) is 0.0909. The summed E-state index contributed by atoms with van der Waals surface area (Å²) in [5.74, 6) is 0. The molecule has 2 nitrogen and oxygen atoms in total. The lowest BCUT2D eigenvalue weighted by atomic mass is 10.1. The van der Waals surface area contributed by atoms with Crippen LogP contribution >= 0.6 is 0 Å². The lowest BCUT2D eigenvalue weighted by Gasteiger charge is -1.95. The molecule has 1 aromatic carbocycles. The largest absolute Gasteiger partial charge is 0.298 e. The molecule has 0 spiro atoms. The first-order chi connectivity index (χ1) is 6.38. The van der Waals surface area contributed by atoms with Crippen molar-refractivity contribution in [2.75, 3.05) is 0 Å². The number of hydrogen-bond donors (Lipinski definition) is 0. The molecule has 0 aliphatic carbocycles. The van der Waals surface area contributed by atoms with Crippen LogP contribution in [0.3, 0.4) is 0 Å². The number of allylic oxidation sites excluding steroid dienone is 1. The molecule has 0 aliphatic heterocycles. The smallest absolute Gasteiger partial charge is 0.150 e. The average molecular weight is 171 g/mol. The molecule has 0 heterocycles. The normalized spacial score (nSPS) is 9.77. The molecule has 1 rings (SSSR count). The SMILES string of the molecule is N#CCC=Cc1ccccc1C=O. The maximum atomic E-state index is 10.6. The third-order valence-electron chi connectivity index (χ3n) is 1.63. The van der Waals surface area contributed by atoms with Crippen molar-refractivity contribution in [3.05, 3.63) is 41.5 Å². The second-order valence-electron chi connectivity index (χ2n) is 2.51. The van der Waals surface area contributed by atoms with E-state index in [-0.39, 0.29) is 0 Å². The van der Waals surface area contributed by atoms with Crippen LogP contribution in [0, 0.1) is 11.3 Å². The van der Waals surface area contributed by atoms with Gasteiger partial charge in [0.15, 0.2) is 6.29 Å². The Morgan fingerprint density at radius 1 is 1.31 bits per heavy atom. The third-order valence-corrected chi connectivity index (χ3v) is 1.63. The van der Waals surface area contributed by atoms with Crippen LogP contribution in [-0.4, -0.2) is 6.29 Å². The average Bonchev–Trinajstić information content (AvgIpc) is 2.19. The van der Waals surface area contributed by atoms with E-state index in [4.69, 9.17) is 5.26 Å². The Hall–Kier alpha value is -1.88. The summed E-state index contributed by atoms with van der Waals surface area (Å²) in [6.07, 6.45) is 4.70. The second-order valence-corrected chi connectivity index (χ2v) is 2.51. The lowest BCUT2D eigenvalue weighted by molar-refractivity contribution is 0.112. The first kappa shape index (κ1) is 9.21. The van der Waals surface area contributed by atoms with E-state index in [1.54, 1.807) is 18.2 Å². The molecule has 64 valence electrons. The first-order valence-corrected chi connectivity index (χ1v) is 3.96. The van der Waals surface area contributed by atoms with Gasteiger partial charge < -0.3 is 0 Å². The summed E-state index contributed by atoms with van der Waals surface area (Å²) in [6, 6.07) is 9.27. The van der Waals surface area contributed by atoms with Crippen LogP contribution < -0.4 is 0 Å². The minimum absolute atomic E-state index is 0.368. The molecule has 0 unspecified atom stereocenters. The first-order valence-electron chi connectivity index (χ1n) is 3.96. The fourth-order valence-electron chi connectivity index (χ4n) is 1.01. The summed E-state index contributed by atoms with van der Waals surface area (Å²) in [6.45, 7) is 0. The van der Waals surface area contributed by atoms with Crippen molar-refractivity contribution >= 4 is 12.4 Å². The molecule has 0 aromatic heterocycles. The molecule has 0 N–H and O–H groups in total. The molecule has 0 fully saturated rings. The van der Waals surface area contributed by atoms with Gasteiger partial charge in [-0.15, -0.1) is 0 Å². The molecule has 2 heteroatoms. The van der Waals surface area contributed by atoms with Crippen molar-refractivity contribution < 1.29 is 4.79 Å². The zero-order valence-corrected chi connectivity index (χ0v) is 7.10. The van der Waals surface area contributed by atoms with Gasteiger partial charge >= 0.3 is 0 Å². The summed E-state index contributed by atoms with van der Waals surface area (Å²) in [7, 11) is 0. The van der Waals surface area contributed by atoms with Gasteiger partial charge in [0.05, 0.1) is 12.5 Å². The minimum atomic E-state index is 0.368. The van der Waals surface area contributed by atoms with Gasteiger partial charge in [0.2, 0.25) is 0 Å². The maximum Gasteiger partial charge on any atom is 0.150 e. The van der Waals surface area contributed by atoms with E-state index < -0.39 is 0 Å². The zero-order valence-electron chi connectivity index (χ0n) is 7.10. The predicted octanol–water partition coefficient (Wildman–Crippen LogP) is 2.43. The number of hydrogen-bond acceptors (Lipinski definition) is 2. The van der Waals surface area contributed by atoms with Crippen molar-refractivity contribution in [1.29, 1.82) is 5.26 Å². The Bertz CT molecular complexity index is 361. The Kier molecular flexibility index (Phi) is 3.46. The summed E-state index contributed by atoms with van der Waals surface area (Å²) < 4.78 is 0. The Labute approximate surface area is 77.1 Å². The summed E-state index contributed by atoms with van der Waals surface area (Å²) >= 11 is 0. The fourth-order valence-corrected chi connectivity index (χ4v) is 1.01. The summed E-state index contributed by atoms with van der Waals surface area (Å²) in [4.78, 5) is 10.6. The Balaban J connectivity index is 2.88. The van der Waals surface area contributed by atoms with Crippen LogP contribution in [0.1, 0.15) is 22.3 Å². The van der Waals surface area contributed by atoms with E-state index in [2.05, 4.69) is 0 Å². The number of nitriles is 1. The molecule has 0 saturated carbocycles. The van der Waals surface area contributed by atoms with Gasteiger partial charge in [-0.3, -0.25) is 4.79 Å². The number of nitrogens with zero attached hydrogens (tertiary/aromatic N) is 1. The molecular weight excluding hydrogens is 162 g/mol. The maximum absolute atomic E-state index is 10.6. The Morgan fingerprint density at radius 3 is 2.62 bits per heavy atom. The van der Waals surface area contributed by atoms with Gasteiger partial charge in [0, 0.05) is 5.56 Å². The van der Waals surface area contributed by atoms with Gasteiger partial charge in [0.1, 0.15) is 0 Å². The highest BCUT2D eigenvalue weighted by molar-refractivity contribution is 5.81. The van der Waals surface area contributed by atoms with Crippen LogP contribution in [0.15, 0.2) is 30.3 Å². The van der Waals surface area contributed by atoms with Gasteiger partial charge in [-0.1, -0.05) is 36.4 Å². The molecule has 0 bridgehead atoms. The molecule has 1 aromatic rings. The molecule has 0 radical (unpaired) electrons. The quantitative estimate of drug-likeness (QED) is 0.655. The lowest BCUT2D eigenvalue weighted by Crippen LogP contribution is -1.83. The monoisotopic (exact) mass is 171 g/mol. The van der Waals surface area contributed by atoms with E-state index in [1.165, 1.54) is 0 Å². The molecule has 0 amide bonds. The van der Waals surface area contributed by atoms with Gasteiger partial charge in [-0.25, -0.2) is 0 Å². The number of carbonyl (C=O) groups excluding carboxylic acids is 1. The van der Waals surface area contributed by atoms with Gasteiger partial charge in [-0.05, 0) is 5.56 Å². The molecule has 0 aliphatic rings. The van der Waals surface area contributed by atoms with Crippen molar-refractivity contribution in [3.8, 4) is 6.07 Å². The highest BCUT2D eigenvalue weighted by Gasteiger charge is 1.94. The highest BCUT2D eigenvalue weighted by Crippen LogP contribution is 2.08. The van der Waals surface area contributed by atoms with Crippen LogP contribution in [-0.2, 0) is 0 Å².